The lowest BCUT2D eigenvalue weighted by molar-refractivity contribution is 0.0366. The second-order valence-corrected chi connectivity index (χ2v) is 7.30. The summed E-state index contributed by atoms with van der Waals surface area (Å²) in [6.07, 6.45) is 6.30. The average Bonchev–Trinajstić information content (AvgIpc) is 3.01. The van der Waals surface area contributed by atoms with Crippen LogP contribution in [0.4, 0.5) is 14.7 Å². The van der Waals surface area contributed by atoms with Gasteiger partial charge in [0.25, 0.3) is 11.8 Å². The van der Waals surface area contributed by atoms with Crippen molar-refractivity contribution >= 4 is 17.4 Å². The van der Waals surface area contributed by atoms with Gasteiger partial charge >= 0.3 is 0 Å². The third-order valence-electron chi connectivity index (χ3n) is 4.86. The number of halogens is 2. The molecule has 0 unspecified atom stereocenters. The molecule has 0 radical (unpaired) electrons. The molecule has 6 nitrogen and oxygen atoms in total. The van der Waals surface area contributed by atoms with E-state index in [-0.39, 0.29) is 11.9 Å². The Morgan fingerprint density at radius 1 is 1.31 bits per heavy atom. The van der Waals surface area contributed by atoms with Gasteiger partial charge in [0, 0.05) is 18.7 Å². The molecule has 29 heavy (non-hydrogen) atoms. The first-order valence-corrected chi connectivity index (χ1v) is 9.64. The molecule has 0 atom stereocenters. The van der Waals surface area contributed by atoms with E-state index in [4.69, 9.17) is 4.74 Å². The Morgan fingerprint density at radius 2 is 2.17 bits per heavy atom. The van der Waals surface area contributed by atoms with Gasteiger partial charge in [0.15, 0.2) is 0 Å². The standard InChI is InChI=1S/C21H22F2N4O2/c1-21(22,23)12-26-20-25-11-16-14(4-2-3-5-17(16)27-20)13-6-7-15-18(10-13)29-9-8-24-19(15)28/h4,6-7,10-11H,2-3,5,8-9,12H2,1H3,(H,24,28)(H,25,26,27). The van der Waals surface area contributed by atoms with Gasteiger partial charge in [0.2, 0.25) is 5.95 Å². The largest absolute Gasteiger partial charge is 0.491 e. The Labute approximate surface area is 167 Å². The summed E-state index contributed by atoms with van der Waals surface area (Å²) in [5, 5.41) is 5.40. The quantitative estimate of drug-likeness (QED) is 0.822. The minimum atomic E-state index is -2.84. The van der Waals surface area contributed by atoms with Crippen LogP contribution in [0.15, 0.2) is 30.5 Å². The highest BCUT2D eigenvalue weighted by Gasteiger charge is 2.23. The minimum Gasteiger partial charge on any atom is -0.491 e. The number of ether oxygens (including phenoxy) is 1. The number of allylic oxidation sites excluding steroid dienone is 1. The van der Waals surface area contributed by atoms with Crippen LogP contribution in [0, 0.1) is 0 Å². The van der Waals surface area contributed by atoms with Gasteiger partial charge in [-0.3, -0.25) is 4.79 Å². The van der Waals surface area contributed by atoms with Crippen molar-refractivity contribution in [1.29, 1.82) is 0 Å². The molecular weight excluding hydrogens is 378 g/mol. The third kappa shape index (κ3) is 4.36. The maximum atomic E-state index is 13.1. The zero-order valence-electron chi connectivity index (χ0n) is 16.1. The highest BCUT2D eigenvalue weighted by Crippen LogP contribution is 2.33. The van der Waals surface area contributed by atoms with Crippen molar-refractivity contribution in [2.24, 2.45) is 0 Å². The van der Waals surface area contributed by atoms with Gasteiger partial charge in [0.1, 0.15) is 12.4 Å². The van der Waals surface area contributed by atoms with Gasteiger partial charge in [-0.05, 0) is 42.5 Å². The number of nitrogens with zero attached hydrogens (tertiary/aromatic N) is 2. The van der Waals surface area contributed by atoms with Crippen LogP contribution in [0.25, 0.3) is 5.57 Å². The van der Waals surface area contributed by atoms with Crippen molar-refractivity contribution in [3.05, 3.63) is 52.9 Å². The fraction of sp³-hybridized carbons (Fsp3) is 0.381. The summed E-state index contributed by atoms with van der Waals surface area (Å²) in [6, 6.07) is 5.51. The molecule has 0 spiro atoms. The molecular formula is C21H22F2N4O2. The normalized spacial score (nSPS) is 16.4. The van der Waals surface area contributed by atoms with E-state index in [2.05, 4.69) is 26.7 Å². The van der Waals surface area contributed by atoms with Crippen molar-refractivity contribution < 1.29 is 18.3 Å². The number of carbonyl (C=O) groups is 1. The van der Waals surface area contributed by atoms with E-state index in [9.17, 15) is 13.6 Å². The van der Waals surface area contributed by atoms with Gasteiger partial charge in [-0.1, -0.05) is 12.1 Å². The molecule has 1 aliphatic carbocycles. The van der Waals surface area contributed by atoms with Crippen molar-refractivity contribution in [3.8, 4) is 5.75 Å². The molecule has 0 bridgehead atoms. The lowest BCUT2D eigenvalue weighted by Gasteiger charge is -2.15. The number of carbonyl (C=O) groups excluding carboxylic acids is 1. The van der Waals surface area contributed by atoms with Crippen molar-refractivity contribution in [2.45, 2.75) is 32.1 Å². The SMILES string of the molecule is CC(F)(F)CNc1ncc2c(n1)CCCC=C2c1ccc2c(c1)OCCNC2=O. The van der Waals surface area contributed by atoms with Crippen LogP contribution in [0.2, 0.25) is 0 Å². The summed E-state index contributed by atoms with van der Waals surface area (Å²) >= 11 is 0. The Morgan fingerprint density at radius 3 is 3.00 bits per heavy atom. The lowest BCUT2D eigenvalue weighted by Crippen LogP contribution is -2.24. The van der Waals surface area contributed by atoms with E-state index in [0.717, 1.165) is 48.6 Å². The molecule has 2 aliphatic rings. The number of rotatable bonds is 4. The minimum absolute atomic E-state index is 0.147. The van der Waals surface area contributed by atoms with E-state index in [1.165, 1.54) is 0 Å². The number of amides is 1. The smallest absolute Gasteiger partial charge is 0.262 e. The summed E-state index contributed by atoms with van der Waals surface area (Å²) in [5.74, 6) is -2.23. The summed E-state index contributed by atoms with van der Waals surface area (Å²) in [4.78, 5) is 20.8. The van der Waals surface area contributed by atoms with Crippen LogP contribution in [-0.4, -0.2) is 41.5 Å². The molecule has 2 N–H and O–H groups in total. The number of aromatic nitrogens is 2. The van der Waals surface area contributed by atoms with E-state index in [0.29, 0.717) is 24.5 Å². The van der Waals surface area contributed by atoms with E-state index in [1.54, 1.807) is 12.3 Å². The number of alkyl halides is 2. The number of anilines is 1. The van der Waals surface area contributed by atoms with Crippen LogP contribution < -0.4 is 15.4 Å². The first kappa shape index (κ1) is 19.3. The lowest BCUT2D eigenvalue weighted by atomic mass is 9.96. The second kappa shape index (κ2) is 7.77. The van der Waals surface area contributed by atoms with Gasteiger partial charge in [-0.25, -0.2) is 18.7 Å². The fourth-order valence-corrected chi connectivity index (χ4v) is 3.47. The van der Waals surface area contributed by atoms with Crippen molar-refractivity contribution in [1.82, 2.24) is 15.3 Å². The van der Waals surface area contributed by atoms with Gasteiger partial charge in [-0.2, -0.15) is 0 Å². The van der Waals surface area contributed by atoms with E-state index >= 15 is 0 Å². The topological polar surface area (TPSA) is 76.1 Å². The number of benzene rings is 1. The molecule has 2 aromatic rings. The predicted molar refractivity (Wildman–Crippen MR) is 105 cm³/mol. The zero-order valence-corrected chi connectivity index (χ0v) is 16.1. The Balaban J connectivity index is 1.67. The molecule has 1 aromatic carbocycles. The first-order valence-electron chi connectivity index (χ1n) is 9.64. The van der Waals surface area contributed by atoms with Crippen LogP contribution in [0.3, 0.4) is 0 Å². The average molecular weight is 400 g/mol. The molecule has 1 aliphatic heterocycles. The predicted octanol–water partition coefficient (Wildman–Crippen LogP) is 3.43. The Bertz CT molecular complexity index is 970. The highest BCUT2D eigenvalue weighted by molar-refractivity contribution is 5.98. The molecule has 0 saturated heterocycles. The molecule has 1 amide bonds. The fourth-order valence-electron chi connectivity index (χ4n) is 3.47. The molecule has 1 aromatic heterocycles. The zero-order chi connectivity index (χ0) is 20.4. The number of hydrogen-bond donors (Lipinski definition) is 2. The number of fused-ring (bicyclic) bond motifs is 2. The molecule has 2 heterocycles. The monoisotopic (exact) mass is 400 g/mol. The van der Waals surface area contributed by atoms with Crippen molar-refractivity contribution in [2.75, 3.05) is 25.0 Å². The Kier molecular flexibility index (Phi) is 5.17. The van der Waals surface area contributed by atoms with Crippen LogP contribution in [0.5, 0.6) is 5.75 Å². The molecule has 152 valence electrons. The molecule has 0 fully saturated rings. The van der Waals surface area contributed by atoms with Crippen LogP contribution in [-0.2, 0) is 6.42 Å². The van der Waals surface area contributed by atoms with E-state index < -0.39 is 12.5 Å². The molecule has 4 rings (SSSR count). The maximum Gasteiger partial charge on any atom is 0.262 e. The second-order valence-electron chi connectivity index (χ2n) is 7.30. The summed E-state index contributed by atoms with van der Waals surface area (Å²) < 4.78 is 32.0. The van der Waals surface area contributed by atoms with Crippen LogP contribution >= 0.6 is 0 Å². The van der Waals surface area contributed by atoms with Crippen LogP contribution in [0.1, 0.15) is 46.9 Å². The number of nitrogens with one attached hydrogen (secondary N) is 2. The third-order valence-corrected chi connectivity index (χ3v) is 4.86. The molecule has 0 saturated carbocycles. The van der Waals surface area contributed by atoms with Crippen molar-refractivity contribution in [3.63, 3.8) is 0 Å². The molecule has 8 heteroatoms. The number of hydrogen-bond acceptors (Lipinski definition) is 5. The highest BCUT2D eigenvalue weighted by atomic mass is 19.3. The number of aryl methyl sites for hydroxylation is 1. The Hall–Kier alpha value is -3.03. The summed E-state index contributed by atoms with van der Waals surface area (Å²) in [6.45, 7) is 1.22. The van der Waals surface area contributed by atoms with Gasteiger partial charge < -0.3 is 15.4 Å². The van der Waals surface area contributed by atoms with Gasteiger partial charge in [0.05, 0.1) is 24.3 Å². The van der Waals surface area contributed by atoms with E-state index in [1.807, 2.05) is 12.1 Å². The van der Waals surface area contributed by atoms with Gasteiger partial charge in [-0.15, -0.1) is 0 Å². The maximum absolute atomic E-state index is 13.1. The summed E-state index contributed by atoms with van der Waals surface area (Å²) in [5.41, 5.74) is 4.07. The first-order chi connectivity index (χ1) is 13.9. The summed E-state index contributed by atoms with van der Waals surface area (Å²) in [7, 11) is 0.